The molecule has 0 saturated carbocycles. The molecular formula is C24H37N3O5. The summed E-state index contributed by atoms with van der Waals surface area (Å²) in [7, 11) is 0. The third-order valence-corrected chi connectivity index (χ3v) is 6.03. The van der Waals surface area contributed by atoms with Gasteiger partial charge in [-0.05, 0) is 39.2 Å². The molecule has 1 aromatic carbocycles. The van der Waals surface area contributed by atoms with E-state index in [1.165, 1.54) is 5.56 Å². The number of nitrogens with one attached hydrogen (secondary N) is 2. The number of carbonyl (C=O) groups excluding carboxylic acids is 2. The van der Waals surface area contributed by atoms with Gasteiger partial charge in [0.1, 0.15) is 5.60 Å². The predicted molar refractivity (Wildman–Crippen MR) is 121 cm³/mol. The number of alkyl carbamates (subject to hydrolysis) is 1. The van der Waals surface area contributed by atoms with Crippen LogP contribution in [0.5, 0.6) is 0 Å². The molecule has 1 atom stereocenters. The SMILES string of the molecule is CC(C)(C)OC(=O)NCC1(C(=O)NCC(c2ccccc2)N2CCOCC2)CCOCC1. The Balaban J connectivity index is 1.66. The fourth-order valence-electron chi connectivity index (χ4n) is 4.20. The lowest BCUT2D eigenvalue weighted by molar-refractivity contribution is -0.136. The average molecular weight is 448 g/mol. The Morgan fingerprint density at radius 2 is 1.66 bits per heavy atom. The molecule has 178 valence electrons. The van der Waals surface area contributed by atoms with Crippen molar-refractivity contribution in [3.8, 4) is 0 Å². The average Bonchev–Trinajstić information content (AvgIpc) is 2.79. The molecule has 0 aromatic heterocycles. The topological polar surface area (TPSA) is 89.1 Å². The van der Waals surface area contributed by atoms with E-state index < -0.39 is 17.1 Å². The number of benzene rings is 1. The Labute approximate surface area is 191 Å². The first-order valence-corrected chi connectivity index (χ1v) is 11.5. The van der Waals surface area contributed by atoms with Crippen LogP contribution in [0.1, 0.15) is 45.2 Å². The van der Waals surface area contributed by atoms with E-state index in [0.717, 1.165) is 13.1 Å². The highest BCUT2D eigenvalue weighted by atomic mass is 16.6. The lowest BCUT2D eigenvalue weighted by Crippen LogP contribution is -2.53. The van der Waals surface area contributed by atoms with Gasteiger partial charge in [0.15, 0.2) is 0 Å². The van der Waals surface area contributed by atoms with Crippen molar-refractivity contribution in [1.82, 2.24) is 15.5 Å². The van der Waals surface area contributed by atoms with E-state index in [0.29, 0.717) is 45.8 Å². The van der Waals surface area contributed by atoms with Crippen molar-refractivity contribution < 1.29 is 23.8 Å². The number of ether oxygens (including phenoxy) is 3. The molecule has 2 saturated heterocycles. The van der Waals surface area contributed by atoms with Gasteiger partial charge in [-0.25, -0.2) is 4.79 Å². The largest absolute Gasteiger partial charge is 0.444 e. The smallest absolute Gasteiger partial charge is 0.407 e. The zero-order valence-electron chi connectivity index (χ0n) is 19.5. The molecule has 1 unspecified atom stereocenters. The second-order valence-corrected chi connectivity index (χ2v) is 9.53. The van der Waals surface area contributed by atoms with Gasteiger partial charge in [0.2, 0.25) is 5.91 Å². The van der Waals surface area contributed by atoms with E-state index in [2.05, 4.69) is 27.7 Å². The third-order valence-electron chi connectivity index (χ3n) is 6.03. The standard InChI is InChI=1S/C24H37N3O5/c1-23(2,3)32-22(29)26-18-24(9-13-30-14-10-24)21(28)25-17-20(19-7-5-4-6-8-19)27-11-15-31-16-12-27/h4-8,20H,9-18H2,1-3H3,(H,25,28)(H,26,29). The second kappa shape index (κ2) is 11.1. The van der Waals surface area contributed by atoms with E-state index >= 15 is 0 Å². The second-order valence-electron chi connectivity index (χ2n) is 9.53. The summed E-state index contributed by atoms with van der Waals surface area (Å²) >= 11 is 0. The first-order chi connectivity index (χ1) is 15.3. The number of hydrogen-bond donors (Lipinski definition) is 2. The predicted octanol–water partition coefficient (Wildman–Crippen LogP) is 2.50. The zero-order valence-corrected chi connectivity index (χ0v) is 19.5. The van der Waals surface area contributed by atoms with Crippen LogP contribution in [0, 0.1) is 5.41 Å². The maximum absolute atomic E-state index is 13.4. The molecule has 2 N–H and O–H groups in total. The molecule has 8 nitrogen and oxygen atoms in total. The van der Waals surface area contributed by atoms with Gasteiger partial charge in [0, 0.05) is 39.4 Å². The van der Waals surface area contributed by atoms with E-state index in [-0.39, 0.29) is 18.5 Å². The molecule has 2 heterocycles. The Bertz CT molecular complexity index is 738. The number of morpholine rings is 1. The Morgan fingerprint density at radius 3 is 2.28 bits per heavy atom. The highest BCUT2D eigenvalue weighted by Crippen LogP contribution is 2.31. The molecule has 8 heteroatoms. The van der Waals surface area contributed by atoms with Crippen LogP contribution >= 0.6 is 0 Å². The molecule has 0 aliphatic carbocycles. The van der Waals surface area contributed by atoms with Crippen molar-refractivity contribution in [2.75, 3.05) is 52.6 Å². The summed E-state index contributed by atoms with van der Waals surface area (Å²) in [6, 6.07) is 10.3. The van der Waals surface area contributed by atoms with Gasteiger partial charge < -0.3 is 24.8 Å². The number of amides is 2. The quantitative estimate of drug-likeness (QED) is 0.668. The molecule has 0 spiro atoms. The summed E-state index contributed by atoms with van der Waals surface area (Å²) in [6.07, 6.45) is 0.608. The van der Waals surface area contributed by atoms with Gasteiger partial charge in [-0.15, -0.1) is 0 Å². The molecule has 0 bridgehead atoms. The van der Waals surface area contributed by atoms with Crippen molar-refractivity contribution in [3.63, 3.8) is 0 Å². The van der Waals surface area contributed by atoms with Crippen molar-refractivity contribution in [1.29, 1.82) is 0 Å². The van der Waals surface area contributed by atoms with Gasteiger partial charge in [-0.3, -0.25) is 9.69 Å². The molecule has 2 aliphatic heterocycles. The molecule has 1 aromatic rings. The number of nitrogens with zero attached hydrogens (tertiary/aromatic N) is 1. The summed E-state index contributed by atoms with van der Waals surface area (Å²) < 4.78 is 16.4. The van der Waals surface area contributed by atoms with Gasteiger partial charge in [0.05, 0.1) is 24.7 Å². The molecule has 2 aliphatic rings. The summed E-state index contributed by atoms with van der Waals surface area (Å²) in [5.41, 5.74) is -0.125. The fraction of sp³-hybridized carbons (Fsp3) is 0.667. The normalized spacial score (nSPS) is 20.2. The van der Waals surface area contributed by atoms with E-state index in [1.807, 2.05) is 39.0 Å². The minimum absolute atomic E-state index is 0.0500. The first kappa shape index (κ1) is 24.5. The molecule has 32 heavy (non-hydrogen) atoms. The molecule has 2 amide bonds. The molecule has 2 fully saturated rings. The van der Waals surface area contributed by atoms with Crippen molar-refractivity contribution in [2.24, 2.45) is 5.41 Å². The van der Waals surface area contributed by atoms with Gasteiger partial charge >= 0.3 is 6.09 Å². The highest BCUT2D eigenvalue weighted by Gasteiger charge is 2.41. The van der Waals surface area contributed by atoms with Crippen molar-refractivity contribution in [2.45, 2.75) is 45.3 Å². The monoisotopic (exact) mass is 447 g/mol. The maximum Gasteiger partial charge on any atom is 0.407 e. The maximum atomic E-state index is 13.4. The zero-order chi connectivity index (χ0) is 23.0. The van der Waals surface area contributed by atoms with E-state index in [1.54, 1.807) is 0 Å². The number of rotatable bonds is 7. The van der Waals surface area contributed by atoms with Crippen LogP contribution in [0.15, 0.2) is 30.3 Å². The van der Waals surface area contributed by atoms with Crippen LogP contribution in [-0.4, -0.2) is 75.1 Å². The Hall–Kier alpha value is -2.16. The Kier molecular flexibility index (Phi) is 8.51. The van der Waals surface area contributed by atoms with Crippen LogP contribution < -0.4 is 10.6 Å². The minimum Gasteiger partial charge on any atom is -0.444 e. The highest BCUT2D eigenvalue weighted by molar-refractivity contribution is 5.83. The van der Waals surface area contributed by atoms with Gasteiger partial charge in [-0.1, -0.05) is 30.3 Å². The lowest BCUT2D eigenvalue weighted by atomic mass is 9.79. The minimum atomic E-state index is -0.707. The number of carbonyl (C=O) groups is 2. The third kappa shape index (κ3) is 6.92. The van der Waals surface area contributed by atoms with Crippen LogP contribution in [0.25, 0.3) is 0 Å². The molecule has 0 radical (unpaired) electrons. The van der Waals surface area contributed by atoms with Crippen LogP contribution in [0.4, 0.5) is 4.79 Å². The lowest BCUT2D eigenvalue weighted by Gasteiger charge is -2.38. The van der Waals surface area contributed by atoms with Crippen LogP contribution in [0.2, 0.25) is 0 Å². The number of hydrogen-bond acceptors (Lipinski definition) is 6. The first-order valence-electron chi connectivity index (χ1n) is 11.5. The Morgan fingerprint density at radius 1 is 1.03 bits per heavy atom. The summed E-state index contributed by atoms with van der Waals surface area (Å²) in [5.74, 6) is -0.0500. The van der Waals surface area contributed by atoms with Gasteiger partial charge in [0.25, 0.3) is 0 Å². The summed E-state index contributed by atoms with van der Waals surface area (Å²) in [5, 5.41) is 6.00. The van der Waals surface area contributed by atoms with E-state index in [9.17, 15) is 9.59 Å². The van der Waals surface area contributed by atoms with Gasteiger partial charge in [-0.2, -0.15) is 0 Å². The molecular weight excluding hydrogens is 410 g/mol. The van der Waals surface area contributed by atoms with E-state index in [4.69, 9.17) is 14.2 Å². The summed E-state index contributed by atoms with van der Waals surface area (Å²) in [6.45, 7) is 10.2. The van der Waals surface area contributed by atoms with Crippen LogP contribution in [-0.2, 0) is 19.0 Å². The van der Waals surface area contributed by atoms with Crippen molar-refractivity contribution >= 4 is 12.0 Å². The molecule has 3 rings (SSSR count). The summed E-state index contributed by atoms with van der Waals surface area (Å²) in [4.78, 5) is 28.0. The van der Waals surface area contributed by atoms with Crippen molar-refractivity contribution in [3.05, 3.63) is 35.9 Å². The fourth-order valence-corrected chi connectivity index (χ4v) is 4.20. The van der Waals surface area contributed by atoms with Crippen LogP contribution in [0.3, 0.4) is 0 Å².